The molecular formula is C18H27NO3. The van der Waals surface area contributed by atoms with E-state index in [2.05, 4.69) is 17.4 Å². The molecular weight excluding hydrogens is 278 g/mol. The lowest BCUT2D eigenvalue weighted by Crippen LogP contribution is -2.36. The van der Waals surface area contributed by atoms with Crippen molar-refractivity contribution < 1.29 is 14.6 Å². The molecule has 0 fully saturated rings. The van der Waals surface area contributed by atoms with E-state index in [4.69, 9.17) is 9.84 Å². The van der Waals surface area contributed by atoms with Crippen molar-refractivity contribution in [3.05, 3.63) is 29.3 Å². The molecule has 4 heteroatoms. The van der Waals surface area contributed by atoms with Crippen LogP contribution in [0.25, 0.3) is 0 Å². The van der Waals surface area contributed by atoms with E-state index in [1.54, 1.807) is 7.11 Å². The molecule has 0 spiro atoms. The van der Waals surface area contributed by atoms with Crippen LogP contribution in [0.3, 0.4) is 0 Å². The van der Waals surface area contributed by atoms with E-state index in [9.17, 15) is 4.79 Å². The third kappa shape index (κ3) is 4.23. The minimum Gasteiger partial charge on any atom is -0.497 e. The number of nitrogens with one attached hydrogen (secondary N) is 1. The van der Waals surface area contributed by atoms with Crippen LogP contribution in [0.4, 0.5) is 0 Å². The summed E-state index contributed by atoms with van der Waals surface area (Å²) in [6.45, 7) is 2.15. The summed E-state index contributed by atoms with van der Waals surface area (Å²) < 4.78 is 5.29. The molecule has 4 nitrogen and oxygen atoms in total. The summed E-state index contributed by atoms with van der Waals surface area (Å²) in [4.78, 5) is 12.3. The Morgan fingerprint density at radius 3 is 3.00 bits per heavy atom. The van der Waals surface area contributed by atoms with Crippen molar-refractivity contribution in [1.82, 2.24) is 5.32 Å². The Bertz CT molecular complexity index is 501. The third-order valence-corrected chi connectivity index (χ3v) is 4.56. The third-order valence-electron chi connectivity index (χ3n) is 4.56. The molecule has 2 atom stereocenters. The second-order valence-corrected chi connectivity index (χ2v) is 6.04. The predicted octanol–water partition coefficient (Wildman–Crippen LogP) is 2.78. The maximum Gasteiger partial charge on any atom is 0.220 e. The van der Waals surface area contributed by atoms with Crippen molar-refractivity contribution >= 4 is 5.91 Å². The van der Waals surface area contributed by atoms with Crippen molar-refractivity contribution in [2.75, 3.05) is 13.7 Å². The van der Waals surface area contributed by atoms with Gasteiger partial charge in [-0.3, -0.25) is 4.79 Å². The number of carbonyl (C=O) groups excluding carboxylic acids is 1. The fourth-order valence-electron chi connectivity index (χ4n) is 3.27. The van der Waals surface area contributed by atoms with Gasteiger partial charge in [-0.2, -0.15) is 0 Å². The molecule has 1 aliphatic carbocycles. The number of rotatable bonds is 7. The van der Waals surface area contributed by atoms with Crippen molar-refractivity contribution in [3.8, 4) is 5.75 Å². The molecule has 22 heavy (non-hydrogen) atoms. The van der Waals surface area contributed by atoms with E-state index in [0.717, 1.165) is 31.4 Å². The van der Waals surface area contributed by atoms with E-state index in [1.165, 1.54) is 11.1 Å². The van der Waals surface area contributed by atoms with E-state index < -0.39 is 0 Å². The van der Waals surface area contributed by atoms with E-state index >= 15 is 0 Å². The Balaban J connectivity index is 2.01. The Morgan fingerprint density at radius 1 is 1.50 bits per heavy atom. The first-order valence-electron chi connectivity index (χ1n) is 8.25. The topological polar surface area (TPSA) is 58.6 Å². The van der Waals surface area contributed by atoms with Crippen LogP contribution in [0.1, 0.15) is 56.1 Å². The van der Waals surface area contributed by atoms with Gasteiger partial charge in [0, 0.05) is 19.1 Å². The standard InChI is InChI=1S/C18H27NO3/c1-3-15(9-10-20)19-18(21)12-14-6-4-5-13-11-16(22-2)7-8-17(13)14/h7-8,11,14-15,20H,3-6,9-10,12H2,1-2H3,(H,19,21). The van der Waals surface area contributed by atoms with Crippen LogP contribution in [0, 0.1) is 0 Å². The summed E-state index contributed by atoms with van der Waals surface area (Å²) in [6, 6.07) is 6.27. The highest BCUT2D eigenvalue weighted by Crippen LogP contribution is 2.35. The molecule has 1 aromatic carbocycles. The largest absolute Gasteiger partial charge is 0.497 e. The van der Waals surface area contributed by atoms with E-state index in [0.29, 0.717) is 18.8 Å². The van der Waals surface area contributed by atoms with Gasteiger partial charge < -0.3 is 15.2 Å². The summed E-state index contributed by atoms with van der Waals surface area (Å²) in [7, 11) is 1.68. The smallest absolute Gasteiger partial charge is 0.220 e. The normalized spacial score (nSPS) is 18.4. The summed E-state index contributed by atoms with van der Waals surface area (Å²) >= 11 is 0. The maximum absolute atomic E-state index is 12.3. The first-order valence-corrected chi connectivity index (χ1v) is 8.25. The van der Waals surface area contributed by atoms with Gasteiger partial charge in [0.05, 0.1) is 7.11 Å². The number of ether oxygens (including phenoxy) is 1. The first kappa shape index (κ1) is 16.8. The second-order valence-electron chi connectivity index (χ2n) is 6.04. The number of fused-ring (bicyclic) bond motifs is 1. The number of amides is 1. The molecule has 2 N–H and O–H groups in total. The number of hydrogen-bond acceptors (Lipinski definition) is 3. The monoisotopic (exact) mass is 305 g/mol. The Labute approximate surface area is 132 Å². The molecule has 0 aliphatic heterocycles. The Kier molecular flexibility index (Phi) is 6.25. The lowest BCUT2D eigenvalue weighted by Gasteiger charge is -2.26. The van der Waals surface area contributed by atoms with Crippen LogP contribution >= 0.6 is 0 Å². The molecule has 0 heterocycles. The number of methoxy groups -OCH3 is 1. The van der Waals surface area contributed by atoms with Gasteiger partial charge >= 0.3 is 0 Å². The van der Waals surface area contributed by atoms with Gasteiger partial charge in [-0.1, -0.05) is 13.0 Å². The van der Waals surface area contributed by atoms with Crippen LogP contribution in [-0.4, -0.2) is 30.8 Å². The van der Waals surface area contributed by atoms with Gasteiger partial charge in [0.15, 0.2) is 0 Å². The summed E-state index contributed by atoms with van der Waals surface area (Å²) in [5, 5.41) is 12.1. The molecule has 2 unspecified atom stereocenters. The number of aliphatic hydroxyl groups excluding tert-OH is 1. The molecule has 1 aliphatic rings. The van der Waals surface area contributed by atoms with Gasteiger partial charge in [-0.15, -0.1) is 0 Å². The van der Waals surface area contributed by atoms with Gasteiger partial charge in [-0.05, 0) is 61.3 Å². The van der Waals surface area contributed by atoms with Crippen LogP contribution in [-0.2, 0) is 11.2 Å². The minimum atomic E-state index is 0.0800. The highest BCUT2D eigenvalue weighted by Gasteiger charge is 2.23. The number of benzene rings is 1. The summed E-state index contributed by atoms with van der Waals surface area (Å²) in [6.07, 6.45) is 5.24. The molecule has 0 saturated heterocycles. The second kappa shape index (κ2) is 8.18. The number of aliphatic hydroxyl groups is 1. The average Bonchev–Trinajstić information content (AvgIpc) is 2.54. The van der Waals surface area contributed by atoms with Gasteiger partial charge in [0.2, 0.25) is 5.91 Å². The minimum absolute atomic E-state index is 0.0800. The molecule has 1 aromatic rings. The number of aryl methyl sites for hydroxylation is 1. The molecule has 0 saturated carbocycles. The fourth-order valence-corrected chi connectivity index (χ4v) is 3.27. The quantitative estimate of drug-likeness (QED) is 0.814. The summed E-state index contributed by atoms with van der Waals surface area (Å²) in [5.41, 5.74) is 2.60. The molecule has 0 aromatic heterocycles. The average molecular weight is 305 g/mol. The van der Waals surface area contributed by atoms with E-state index in [-0.39, 0.29) is 18.6 Å². The number of carbonyl (C=O) groups is 1. The number of hydrogen-bond donors (Lipinski definition) is 2. The van der Waals surface area contributed by atoms with Gasteiger partial charge in [-0.25, -0.2) is 0 Å². The van der Waals surface area contributed by atoms with Crippen LogP contribution in [0.2, 0.25) is 0 Å². The highest BCUT2D eigenvalue weighted by molar-refractivity contribution is 5.77. The molecule has 122 valence electrons. The van der Waals surface area contributed by atoms with Crippen molar-refractivity contribution in [2.45, 2.75) is 57.4 Å². The van der Waals surface area contributed by atoms with Crippen LogP contribution < -0.4 is 10.1 Å². The Morgan fingerprint density at radius 2 is 2.32 bits per heavy atom. The Hall–Kier alpha value is -1.55. The van der Waals surface area contributed by atoms with Crippen molar-refractivity contribution in [3.63, 3.8) is 0 Å². The lowest BCUT2D eigenvalue weighted by atomic mass is 9.81. The van der Waals surface area contributed by atoms with Crippen LogP contribution in [0.5, 0.6) is 5.75 Å². The first-order chi connectivity index (χ1) is 10.7. The van der Waals surface area contributed by atoms with Crippen molar-refractivity contribution in [1.29, 1.82) is 0 Å². The lowest BCUT2D eigenvalue weighted by molar-refractivity contribution is -0.122. The molecule has 0 bridgehead atoms. The van der Waals surface area contributed by atoms with Gasteiger partial charge in [0.1, 0.15) is 5.75 Å². The fraction of sp³-hybridized carbons (Fsp3) is 0.611. The van der Waals surface area contributed by atoms with Crippen LogP contribution in [0.15, 0.2) is 18.2 Å². The maximum atomic E-state index is 12.3. The summed E-state index contributed by atoms with van der Waals surface area (Å²) in [5.74, 6) is 1.27. The SMILES string of the molecule is CCC(CCO)NC(=O)CC1CCCc2cc(OC)ccc21. The molecule has 1 amide bonds. The zero-order valence-electron chi connectivity index (χ0n) is 13.6. The van der Waals surface area contributed by atoms with E-state index in [1.807, 2.05) is 13.0 Å². The highest BCUT2D eigenvalue weighted by atomic mass is 16.5. The molecule has 0 radical (unpaired) electrons. The van der Waals surface area contributed by atoms with Crippen molar-refractivity contribution in [2.24, 2.45) is 0 Å². The zero-order valence-corrected chi connectivity index (χ0v) is 13.6. The van der Waals surface area contributed by atoms with Gasteiger partial charge in [0.25, 0.3) is 0 Å². The molecule has 2 rings (SSSR count). The predicted molar refractivity (Wildman–Crippen MR) is 87.2 cm³/mol. The zero-order chi connectivity index (χ0) is 15.9.